The second kappa shape index (κ2) is 5.61. The number of fused-ring (bicyclic) bond motifs is 1. The van der Waals surface area contributed by atoms with E-state index in [1.807, 2.05) is 18.2 Å². The van der Waals surface area contributed by atoms with E-state index in [2.05, 4.69) is 10.2 Å². The molecular weight excluding hydrogens is 274 g/mol. The van der Waals surface area contributed by atoms with Crippen LogP contribution in [0.1, 0.15) is 5.56 Å². The van der Waals surface area contributed by atoms with Crippen LogP contribution in [0.2, 0.25) is 0 Å². The zero-order chi connectivity index (χ0) is 14.8. The van der Waals surface area contributed by atoms with Crippen molar-refractivity contribution in [2.45, 2.75) is 6.54 Å². The fourth-order valence-corrected chi connectivity index (χ4v) is 2.58. The Morgan fingerprint density at radius 1 is 1.29 bits per heavy atom. The zero-order valence-corrected chi connectivity index (χ0v) is 11.5. The van der Waals surface area contributed by atoms with Crippen LogP contribution in [0.15, 0.2) is 18.2 Å². The van der Waals surface area contributed by atoms with Crippen LogP contribution in [-0.2, 0) is 11.3 Å². The van der Waals surface area contributed by atoms with Gasteiger partial charge in [-0.2, -0.15) is 0 Å². The Bertz CT molecular complexity index is 567. The molecule has 1 aromatic rings. The Balaban J connectivity index is 1.62. The number of benzene rings is 1. The lowest BCUT2D eigenvalue weighted by molar-refractivity contribution is -0.118. The number of nitrogens with one attached hydrogen (secondary N) is 1. The highest BCUT2D eigenvalue weighted by Crippen LogP contribution is 2.28. The topological polar surface area (TPSA) is 82.1 Å². The standard InChI is InChI=1S/C14H17N3O4/c18-13-9-21-12-2-1-10(7-11(12)15-13)8-16-3-5-17(6-4-16)14(19)20/h1-2,7H,3-6,8-9H2,(H,15,18)(H,19,20). The van der Waals surface area contributed by atoms with Gasteiger partial charge in [0, 0.05) is 32.7 Å². The lowest BCUT2D eigenvalue weighted by Crippen LogP contribution is -2.47. The van der Waals surface area contributed by atoms with E-state index in [0.717, 1.165) is 12.1 Å². The van der Waals surface area contributed by atoms with Crippen molar-refractivity contribution in [3.63, 3.8) is 0 Å². The molecule has 0 aromatic heterocycles. The van der Waals surface area contributed by atoms with Gasteiger partial charge in [0.25, 0.3) is 5.91 Å². The average molecular weight is 291 g/mol. The molecular formula is C14H17N3O4. The number of carbonyl (C=O) groups is 2. The van der Waals surface area contributed by atoms with Gasteiger partial charge >= 0.3 is 6.09 Å². The van der Waals surface area contributed by atoms with Crippen LogP contribution in [0, 0.1) is 0 Å². The van der Waals surface area contributed by atoms with Crippen molar-refractivity contribution >= 4 is 17.7 Å². The van der Waals surface area contributed by atoms with Crippen molar-refractivity contribution in [1.29, 1.82) is 0 Å². The van der Waals surface area contributed by atoms with Crippen molar-refractivity contribution in [3.05, 3.63) is 23.8 Å². The molecule has 7 nitrogen and oxygen atoms in total. The first kappa shape index (κ1) is 13.7. The van der Waals surface area contributed by atoms with Gasteiger partial charge in [0.15, 0.2) is 6.61 Å². The minimum Gasteiger partial charge on any atom is -0.482 e. The molecule has 21 heavy (non-hydrogen) atoms. The van der Waals surface area contributed by atoms with Crippen LogP contribution in [-0.4, -0.2) is 59.7 Å². The molecule has 2 heterocycles. The van der Waals surface area contributed by atoms with Crippen LogP contribution in [0.25, 0.3) is 0 Å². The van der Waals surface area contributed by atoms with Crippen LogP contribution in [0.5, 0.6) is 5.75 Å². The maximum atomic E-state index is 11.3. The van der Waals surface area contributed by atoms with Gasteiger partial charge in [-0.15, -0.1) is 0 Å². The Labute approximate surface area is 122 Å². The van der Waals surface area contributed by atoms with E-state index >= 15 is 0 Å². The van der Waals surface area contributed by atoms with Crippen molar-refractivity contribution in [2.75, 3.05) is 38.1 Å². The molecule has 1 aromatic carbocycles. The van der Waals surface area contributed by atoms with E-state index in [1.54, 1.807) is 0 Å². The fraction of sp³-hybridized carbons (Fsp3) is 0.429. The van der Waals surface area contributed by atoms with Gasteiger partial charge in [0.05, 0.1) is 5.69 Å². The second-order valence-electron chi connectivity index (χ2n) is 5.21. The maximum Gasteiger partial charge on any atom is 0.407 e. The predicted molar refractivity (Wildman–Crippen MR) is 75.4 cm³/mol. The molecule has 112 valence electrons. The third-order valence-electron chi connectivity index (χ3n) is 3.73. The molecule has 0 aliphatic carbocycles. The number of piperazine rings is 1. The largest absolute Gasteiger partial charge is 0.482 e. The summed E-state index contributed by atoms with van der Waals surface area (Å²) in [6, 6.07) is 5.74. The van der Waals surface area contributed by atoms with E-state index in [9.17, 15) is 9.59 Å². The second-order valence-corrected chi connectivity index (χ2v) is 5.21. The summed E-state index contributed by atoms with van der Waals surface area (Å²) < 4.78 is 5.32. The highest BCUT2D eigenvalue weighted by Gasteiger charge is 2.21. The normalized spacial score (nSPS) is 18.7. The van der Waals surface area contributed by atoms with Crippen LogP contribution in [0.4, 0.5) is 10.5 Å². The molecule has 7 heteroatoms. The van der Waals surface area contributed by atoms with Crippen molar-refractivity contribution in [1.82, 2.24) is 9.80 Å². The molecule has 0 bridgehead atoms. The quantitative estimate of drug-likeness (QED) is 0.843. The molecule has 0 unspecified atom stereocenters. The number of hydrogen-bond donors (Lipinski definition) is 2. The highest BCUT2D eigenvalue weighted by atomic mass is 16.5. The summed E-state index contributed by atoms with van der Waals surface area (Å²) >= 11 is 0. The summed E-state index contributed by atoms with van der Waals surface area (Å²) in [6.07, 6.45) is -0.858. The molecule has 0 atom stereocenters. The SMILES string of the molecule is O=C1COc2ccc(CN3CCN(C(=O)O)CC3)cc2N1. The average Bonchev–Trinajstić information content (AvgIpc) is 2.47. The van der Waals surface area contributed by atoms with Crippen molar-refractivity contribution in [3.8, 4) is 5.75 Å². The first-order valence-electron chi connectivity index (χ1n) is 6.87. The Morgan fingerprint density at radius 2 is 2.05 bits per heavy atom. The summed E-state index contributed by atoms with van der Waals surface area (Å²) in [7, 11) is 0. The first-order valence-corrected chi connectivity index (χ1v) is 6.87. The third-order valence-corrected chi connectivity index (χ3v) is 3.73. The zero-order valence-electron chi connectivity index (χ0n) is 11.5. The summed E-state index contributed by atoms with van der Waals surface area (Å²) in [5, 5.41) is 11.7. The fourth-order valence-electron chi connectivity index (χ4n) is 2.58. The predicted octanol–water partition coefficient (Wildman–Crippen LogP) is 0.813. The molecule has 1 fully saturated rings. The smallest absolute Gasteiger partial charge is 0.407 e. The van der Waals surface area contributed by atoms with Crippen LogP contribution >= 0.6 is 0 Å². The van der Waals surface area contributed by atoms with E-state index in [1.165, 1.54) is 4.90 Å². The minimum atomic E-state index is -0.858. The van der Waals surface area contributed by atoms with E-state index < -0.39 is 6.09 Å². The van der Waals surface area contributed by atoms with Gasteiger partial charge in [-0.25, -0.2) is 4.79 Å². The third kappa shape index (κ3) is 3.08. The molecule has 2 aliphatic heterocycles. The van der Waals surface area contributed by atoms with E-state index in [4.69, 9.17) is 9.84 Å². The molecule has 2 N–H and O–H groups in total. The summed E-state index contributed by atoms with van der Waals surface area (Å²) in [5.41, 5.74) is 1.77. The van der Waals surface area contributed by atoms with Crippen LogP contribution < -0.4 is 10.1 Å². The number of amides is 2. The maximum absolute atomic E-state index is 11.3. The first-order chi connectivity index (χ1) is 10.1. The number of carbonyl (C=O) groups excluding carboxylic acids is 1. The number of rotatable bonds is 2. The Morgan fingerprint density at radius 3 is 2.76 bits per heavy atom. The van der Waals surface area contributed by atoms with Gasteiger partial charge in [-0.05, 0) is 17.7 Å². The van der Waals surface area contributed by atoms with Crippen molar-refractivity contribution < 1.29 is 19.4 Å². The van der Waals surface area contributed by atoms with Gasteiger partial charge in [0.1, 0.15) is 5.75 Å². The molecule has 0 saturated carbocycles. The van der Waals surface area contributed by atoms with E-state index in [0.29, 0.717) is 37.6 Å². The molecule has 1 saturated heterocycles. The number of nitrogens with zero attached hydrogens (tertiary/aromatic N) is 2. The van der Waals surface area contributed by atoms with Gasteiger partial charge in [0.2, 0.25) is 0 Å². The summed E-state index contributed by atoms with van der Waals surface area (Å²) in [6.45, 7) is 3.28. The lowest BCUT2D eigenvalue weighted by Gasteiger charge is -2.33. The summed E-state index contributed by atoms with van der Waals surface area (Å²) in [4.78, 5) is 25.8. The Kier molecular flexibility index (Phi) is 3.66. The number of ether oxygens (including phenoxy) is 1. The monoisotopic (exact) mass is 291 g/mol. The molecule has 2 aliphatic rings. The molecule has 0 spiro atoms. The number of hydrogen-bond acceptors (Lipinski definition) is 4. The van der Waals surface area contributed by atoms with E-state index in [-0.39, 0.29) is 12.5 Å². The number of carboxylic acid groups (broad SMARTS) is 1. The van der Waals surface area contributed by atoms with Gasteiger partial charge < -0.3 is 20.1 Å². The highest BCUT2D eigenvalue weighted by molar-refractivity contribution is 5.95. The minimum absolute atomic E-state index is 0.0590. The van der Waals surface area contributed by atoms with Crippen molar-refractivity contribution in [2.24, 2.45) is 0 Å². The summed E-state index contributed by atoms with van der Waals surface area (Å²) in [5.74, 6) is 0.545. The van der Waals surface area contributed by atoms with Crippen LogP contribution in [0.3, 0.4) is 0 Å². The number of anilines is 1. The molecule has 0 radical (unpaired) electrons. The lowest BCUT2D eigenvalue weighted by atomic mass is 10.1. The van der Waals surface area contributed by atoms with Gasteiger partial charge in [-0.3, -0.25) is 9.69 Å². The Hall–Kier alpha value is -2.28. The molecule has 2 amide bonds. The van der Waals surface area contributed by atoms with Gasteiger partial charge in [-0.1, -0.05) is 6.07 Å². The molecule has 3 rings (SSSR count).